The summed E-state index contributed by atoms with van der Waals surface area (Å²) in [4.78, 5) is 13.9. The number of nitrogens with one attached hydrogen (secondary N) is 1. The number of imidazole rings is 1. The van der Waals surface area contributed by atoms with Crippen LogP contribution >= 0.6 is 0 Å². The molecule has 2 aromatic carbocycles. The van der Waals surface area contributed by atoms with Crippen LogP contribution < -0.4 is 5.32 Å². The first-order valence-corrected chi connectivity index (χ1v) is 9.34. The highest BCUT2D eigenvalue weighted by Gasteiger charge is 2.10. The molecule has 136 valence electrons. The van der Waals surface area contributed by atoms with Gasteiger partial charge >= 0.3 is 0 Å². The number of rotatable bonds is 5. The second kappa shape index (κ2) is 7.12. The van der Waals surface area contributed by atoms with Crippen LogP contribution in [0.25, 0.3) is 27.9 Å². The number of fused-ring (bicyclic) bond motifs is 2. The third kappa shape index (κ3) is 3.18. The van der Waals surface area contributed by atoms with E-state index in [0.717, 1.165) is 40.9 Å². The van der Waals surface area contributed by atoms with Crippen LogP contribution in [0.2, 0.25) is 0 Å². The minimum Gasteiger partial charge on any atom is -0.369 e. The first-order chi connectivity index (χ1) is 13.9. The van der Waals surface area contributed by atoms with Crippen molar-refractivity contribution in [1.82, 2.24) is 19.4 Å². The van der Waals surface area contributed by atoms with Gasteiger partial charge in [0, 0.05) is 36.1 Å². The van der Waals surface area contributed by atoms with Gasteiger partial charge in [-0.25, -0.2) is 15.0 Å². The van der Waals surface area contributed by atoms with Crippen LogP contribution in [-0.4, -0.2) is 25.9 Å². The van der Waals surface area contributed by atoms with E-state index >= 15 is 0 Å². The normalized spacial score (nSPS) is 11.1. The van der Waals surface area contributed by atoms with Gasteiger partial charge in [-0.15, -0.1) is 0 Å². The van der Waals surface area contributed by atoms with Gasteiger partial charge in [-0.3, -0.25) is 0 Å². The molecule has 0 aliphatic rings. The lowest BCUT2D eigenvalue weighted by atomic mass is 10.1. The molecule has 1 N–H and O–H groups in total. The first kappa shape index (κ1) is 16.4. The van der Waals surface area contributed by atoms with Crippen molar-refractivity contribution < 1.29 is 0 Å². The van der Waals surface area contributed by atoms with Crippen LogP contribution in [0.3, 0.4) is 0 Å². The van der Waals surface area contributed by atoms with E-state index in [0.29, 0.717) is 5.82 Å². The Morgan fingerprint density at radius 3 is 2.64 bits per heavy atom. The van der Waals surface area contributed by atoms with E-state index in [1.165, 1.54) is 5.56 Å². The Bertz CT molecular complexity index is 1240. The average Bonchev–Trinajstić information content (AvgIpc) is 3.22. The molecule has 0 spiro atoms. The Morgan fingerprint density at radius 1 is 0.857 bits per heavy atom. The van der Waals surface area contributed by atoms with Crippen LogP contribution in [0.4, 0.5) is 5.82 Å². The summed E-state index contributed by atoms with van der Waals surface area (Å²) < 4.78 is 1.98. The van der Waals surface area contributed by atoms with Crippen LogP contribution in [0.5, 0.6) is 0 Å². The molecule has 0 unspecified atom stereocenters. The fraction of sp³-hybridized carbons (Fsp3) is 0.0870. The van der Waals surface area contributed by atoms with Crippen LogP contribution in [0.1, 0.15) is 5.56 Å². The highest BCUT2D eigenvalue weighted by molar-refractivity contribution is 5.90. The Kier molecular flexibility index (Phi) is 4.18. The van der Waals surface area contributed by atoms with Gasteiger partial charge in [0.05, 0.1) is 5.52 Å². The molecule has 5 aromatic rings. The standard InChI is InChI=1S/C23H19N5/c1-2-6-17(7-3-1)12-13-25-23-19-8-4-5-9-20(19)26-22(27-23)18-10-11-21-24-14-15-28(21)16-18/h1-11,14-16H,12-13H2,(H,25,26,27). The van der Waals surface area contributed by atoms with E-state index in [1.807, 2.05) is 53.2 Å². The van der Waals surface area contributed by atoms with E-state index in [1.54, 1.807) is 6.20 Å². The lowest BCUT2D eigenvalue weighted by Crippen LogP contribution is -2.08. The predicted octanol–water partition coefficient (Wildman–Crippen LogP) is 4.60. The maximum atomic E-state index is 4.84. The molecule has 0 aliphatic heterocycles. The Balaban J connectivity index is 1.50. The fourth-order valence-corrected chi connectivity index (χ4v) is 3.36. The van der Waals surface area contributed by atoms with E-state index in [4.69, 9.17) is 9.97 Å². The van der Waals surface area contributed by atoms with Crippen LogP contribution in [0.15, 0.2) is 85.3 Å². The SMILES string of the molecule is c1ccc(CCNc2nc(-c3ccc4nccn4c3)nc3ccccc23)cc1. The predicted molar refractivity (Wildman–Crippen MR) is 112 cm³/mol. The van der Waals surface area contributed by atoms with Gasteiger partial charge in [0.25, 0.3) is 0 Å². The zero-order valence-electron chi connectivity index (χ0n) is 15.3. The molecular weight excluding hydrogens is 346 g/mol. The molecule has 28 heavy (non-hydrogen) atoms. The molecule has 0 aliphatic carbocycles. The largest absolute Gasteiger partial charge is 0.369 e. The molecule has 0 atom stereocenters. The average molecular weight is 365 g/mol. The number of hydrogen-bond donors (Lipinski definition) is 1. The highest BCUT2D eigenvalue weighted by Crippen LogP contribution is 2.25. The quantitative estimate of drug-likeness (QED) is 0.495. The minimum atomic E-state index is 0.705. The molecule has 0 saturated heterocycles. The van der Waals surface area contributed by atoms with Gasteiger partial charge in [-0.1, -0.05) is 42.5 Å². The Hall–Kier alpha value is -3.73. The number of benzene rings is 2. The van der Waals surface area contributed by atoms with Gasteiger partial charge in [-0.05, 0) is 36.2 Å². The van der Waals surface area contributed by atoms with E-state index in [-0.39, 0.29) is 0 Å². The molecule has 0 radical (unpaired) electrons. The number of anilines is 1. The van der Waals surface area contributed by atoms with E-state index in [2.05, 4.69) is 40.6 Å². The third-order valence-corrected chi connectivity index (χ3v) is 4.80. The van der Waals surface area contributed by atoms with Crippen molar-refractivity contribution in [2.24, 2.45) is 0 Å². The maximum absolute atomic E-state index is 4.84. The van der Waals surface area contributed by atoms with Gasteiger partial charge < -0.3 is 9.72 Å². The first-order valence-electron chi connectivity index (χ1n) is 9.34. The number of aromatic nitrogens is 4. The van der Waals surface area contributed by atoms with Crippen molar-refractivity contribution >= 4 is 22.4 Å². The summed E-state index contributed by atoms with van der Waals surface area (Å²) in [6, 6.07) is 22.6. The monoisotopic (exact) mass is 365 g/mol. The van der Waals surface area contributed by atoms with Crippen molar-refractivity contribution in [3.63, 3.8) is 0 Å². The summed E-state index contributed by atoms with van der Waals surface area (Å²) in [5.74, 6) is 1.57. The molecule has 5 heteroatoms. The summed E-state index contributed by atoms with van der Waals surface area (Å²) in [6.45, 7) is 0.811. The zero-order chi connectivity index (χ0) is 18.8. The van der Waals surface area contributed by atoms with Gasteiger partial charge in [0.2, 0.25) is 0 Å². The highest BCUT2D eigenvalue weighted by atomic mass is 15.0. The summed E-state index contributed by atoms with van der Waals surface area (Å²) in [5, 5.41) is 4.54. The Labute approximate surface area is 162 Å². The molecule has 5 nitrogen and oxygen atoms in total. The summed E-state index contributed by atoms with van der Waals surface area (Å²) in [6.07, 6.45) is 6.67. The summed E-state index contributed by atoms with van der Waals surface area (Å²) in [5.41, 5.74) is 4.10. The molecule has 0 fully saturated rings. The van der Waals surface area contributed by atoms with Crippen molar-refractivity contribution in [2.75, 3.05) is 11.9 Å². The number of hydrogen-bond acceptors (Lipinski definition) is 4. The third-order valence-electron chi connectivity index (χ3n) is 4.80. The lowest BCUT2D eigenvalue weighted by molar-refractivity contribution is 1.01. The maximum Gasteiger partial charge on any atom is 0.163 e. The molecule has 0 amide bonds. The van der Waals surface area contributed by atoms with Crippen molar-refractivity contribution in [1.29, 1.82) is 0 Å². The molecule has 0 saturated carbocycles. The molecule has 3 aromatic heterocycles. The molecular formula is C23H19N5. The molecule has 0 bridgehead atoms. The number of nitrogens with zero attached hydrogens (tertiary/aromatic N) is 4. The smallest absolute Gasteiger partial charge is 0.163 e. The minimum absolute atomic E-state index is 0.705. The fourth-order valence-electron chi connectivity index (χ4n) is 3.36. The van der Waals surface area contributed by atoms with Gasteiger partial charge in [-0.2, -0.15) is 0 Å². The second-order valence-electron chi connectivity index (χ2n) is 6.69. The van der Waals surface area contributed by atoms with Crippen molar-refractivity contribution in [2.45, 2.75) is 6.42 Å². The summed E-state index contributed by atoms with van der Waals surface area (Å²) in [7, 11) is 0. The van der Waals surface area contributed by atoms with Crippen LogP contribution in [-0.2, 0) is 6.42 Å². The van der Waals surface area contributed by atoms with E-state index < -0.39 is 0 Å². The van der Waals surface area contributed by atoms with Crippen LogP contribution in [0, 0.1) is 0 Å². The Morgan fingerprint density at radius 2 is 1.71 bits per heavy atom. The molecule has 3 heterocycles. The molecule has 5 rings (SSSR count). The lowest BCUT2D eigenvalue weighted by Gasteiger charge is -2.11. The van der Waals surface area contributed by atoms with Gasteiger partial charge in [0.15, 0.2) is 5.82 Å². The van der Waals surface area contributed by atoms with Crippen molar-refractivity contribution in [3.05, 3.63) is 90.9 Å². The zero-order valence-corrected chi connectivity index (χ0v) is 15.3. The number of pyridine rings is 1. The number of para-hydroxylation sites is 1. The second-order valence-corrected chi connectivity index (χ2v) is 6.69. The van der Waals surface area contributed by atoms with Crippen molar-refractivity contribution in [3.8, 4) is 11.4 Å². The summed E-state index contributed by atoms with van der Waals surface area (Å²) >= 11 is 0. The van der Waals surface area contributed by atoms with E-state index in [9.17, 15) is 0 Å². The topological polar surface area (TPSA) is 55.1 Å². The van der Waals surface area contributed by atoms with Gasteiger partial charge in [0.1, 0.15) is 11.5 Å².